The molecule has 0 amide bonds. The Morgan fingerprint density at radius 1 is 0.741 bits per heavy atom. The Hall–Kier alpha value is -0.820. The molecular formula is C21H41NO5. The van der Waals surface area contributed by atoms with E-state index in [-0.39, 0.29) is 23.5 Å². The Balaban J connectivity index is 3.32. The molecular weight excluding hydrogens is 346 g/mol. The van der Waals surface area contributed by atoms with Gasteiger partial charge in [-0.3, -0.25) is 9.59 Å². The van der Waals surface area contributed by atoms with Gasteiger partial charge in [0, 0.05) is 25.3 Å². The highest BCUT2D eigenvalue weighted by Gasteiger charge is 2.11. The first kappa shape index (κ1) is 26.2. The van der Waals surface area contributed by atoms with E-state index in [1.807, 2.05) is 20.8 Å². The Morgan fingerprint density at radius 2 is 1.33 bits per heavy atom. The molecule has 0 aliphatic carbocycles. The Labute approximate surface area is 165 Å². The van der Waals surface area contributed by atoms with Crippen molar-refractivity contribution in [2.24, 2.45) is 5.92 Å². The second-order valence-electron chi connectivity index (χ2n) is 7.16. The van der Waals surface area contributed by atoms with E-state index < -0.39 is 0 Å². The van der Waals surface area contributed by atoms with Crippen LogP contribution in [0.5, 0.6) is 0 Å². The normalized spacial score (nSPS) is 12.5. The molecule has 0 rings (SSSR count). The summed E-state index contributed by atoms with van der Waals surface area (Å²) in [5, 5.41) is 3.20. The van der Waals surface area contributed by atoms with Gasteiger partial charge in [-0.2, -0.15) is 0 Å². The maximum atomic E-state index is 11.9. The van der Waals surface area contributed by atoms with Crippen LogP contribution >= 0.6 is 0 Å². The van der Waals surface area contributed by atoms with Gasteiger partial charge in [0.25, 0.3) is 0 Å². The van der Waals surface area contributed by atoms with Gasteiger partial charge in [0.2, 0.25) is 0 Å². The SMILES string of the molecule is CCCCCCC(=O)C(C)NCCOCCOCCOCCC(=O)C(C)C. The average molecular weight is 388 g/mol. The monoisotopic (exact) mass is 387 g/mol. The van der Waals surface area contributed by atoms with Gasteiger partial charge in [0.15, 0.2) is 0 Å². The van der Waals surface area contributed by atoms with E-state index in [4.69, 9.17) is 14.2 Å². The summed E-state index contributed by atoms with van der Waals surface area (Å²) < 4.78 is 16.2. The molecule has 6 heteroatoms. The van der Waals surface area contributed by atoms with Gasteiger partial charge in [0.1, 0.15) is 11.6 Å². The van der Waals surface area contributed by atoms with Crippen LogP contribution in [-0.4, -0.2) is 63.8 Å². The van der Waals surface area contributed by atoms with E-state index in [0.717, 1.165) is 12.8 Å². The van der Waals surface area contributed by atoms with Crippen LogP contribution in [0.4, 0.5) is 0 Å². The molecule has 0 aromatic carbocycles. The van der Waals surface area contributed by atoms with E-state index in [0.29, 0.717) is 59.0 Å². The summed E-state index contributed by atoms with van der Waals surface area (Å²) in [5.41, 5.74) is 0. The van der Waals surface area contributed by atoms with Crippen molar-refractivity contribution in [2.45, 2.75) is 72.3 Å². The molecule has 1 atom stereocenters. The molecule has 0 spiro atoms. The largest absolute Gasteiger partial charge is 0.379 e. The number of hydrogen-bond acceptors (Lipinski definition) is 6. The minimum atomic E-state index is -0.105. The average Bonchev–Trinajstić information content (AvgIpc) is 2.65. The summed E-state index contributed by atoms with van der Waals surface area (Å²) in [4.78, 5) is 23.3. The number of rotatable bonds is 20. The summed E-state index contributed by atoms with van der Waals surface area (Å²) in [6, 6.07) is -0.105. The molecule has 1 unspecified atom stereocenters. The van der Waals surface area contributed by atoms with Crippen molar-refractivity contribution in [1.82, 2.24) is 5.32 Å². The zero-order valence-electron chi connectivity index (χ0n) is 17.9. The predicted molar refractivity (Wildman–Crippen MR) is 108 cm³/mol. The molecule has 27 heavy (non-hydrogen) atoms. The van der Waals surface area contributed by atoms with Gasteiger partial charge >= 0.3 is 0 Å². The number of carbonyl (C=O) groups is 2. The number of nitrogens with one attached hydrogen (secondary N) is 1. The lowest BCUT2D eigenvalue weighted by Gasteiger charge is -2.13. The number of carbonyl (C=O) groups excluding carboxylic acids is 2. The van der Waals surface area contributed by atoms with Crippen LogP contribution in [0.1, 0.15) is 66.2 Å². The summed E-state index contributed by atoms with van der Waals surface area (Å²) in [6.07, 6.45) is 5.65. The van der Waals surface area contributed by atoms with Crippen molar-refractivity contribution in [3.63, 3.8) is 0 Å². The fourth-order valence-corrected chi connectivity index (χ4v) is 2.41. The minimum Gasteiger partial charge on any atom is -0.379 e. The van der Waals surface area contributed by atoms with Gasteiger partial charge in [-0.15, -0.1) is 0 Å². The van der Waals surface area contributed by atoms with Crippen molar-refractivity contribution in [2.75, 3.05) is 46.2 Å². The Bertz CT molecular complexity index is 374. The molecule has 0 aromatic rings. The van der Waals surface area contributed by atoms with Gasteiger partial charge in [-0.1, -0.05) is 40.0 Å². The first-order valence-electron chi connectivity index (χ1n) is 10.5. The van der Waals surface area contributed by atoms with Crippen molar-refractivity contribution in [3.05, 3.63) is 0 Å². The first-order chi connectivity index (χ1) is 13.0. The molecule has 0 fully saturated rings. The van der Waals surface area contributed by atoms with E-state index in [9.17, 15) is 9.59 Å². The first-order valence-corrected chi connectivity index (χ1v) is 10.5. The molecule has 0 aromatic heterocycles. The number of hydrogen-bond donors (Lipinski definition) is 1. The highest BCUT2D eigenvalue weighted by atomic mass is 16.5. The van der Waals surface area contributed by atoms with E-state index in [2.05, 4.69) is 12.2 Å². The van der Waals surface area contributed by atoms with Crippen LogP contribution in [0.15, 0.2) is 0 Å². The number of unbranched alkanes of at least 4 members (excludes halogenated alkanes) is 3. The zero-order chi connectivity index (χ0) is 20.3. The molecule has 6 nitrogen and oxygen atoms in total. The summed E-state index contributed by atoms with van der Waals surface area (Å²) >= 11 is 0. The zero-order valence-corrected chi connectivity index (χ0v) is 17.9. The number of ether oxygens (including phenoxy) is 3. The Morgan fingerprint density at radius 3 is 1.93 bits per heavy atom. The minimum absolute atomic E-state index is 0.0726. The molecule has 0 aliphatic heterocycles. The standard InChI is InChI=1S/C21H41NO5/c1-5-6-7-8-9-21(24)19(4)22-11-13-26-15-17-27-16-14-25-12-10-20(23)18(2)3/h18-19,22H,5-17H2,1-4H3. The van der Waals surface area contributed by atoms with Crippen LogP contribution in [0, 0.1) is 5.92 Å². The topological polar surface area (TPSA) is 73.9 Å². The molecule has 0 saturated carbocycles. The molecule has 1 N–H and O–H groups in total. The van der Waals surface area contributed by atoms with Crippen molar-refractivity contribution in [1.29, 1.82) is 0 Å². The van der Waals surface area contributed by atoms with Crippen LogP contribution in [-0.2, 0) is 23.8 Å². The molecule has 160 valence electrons. The maximum Gasteiger partial charge on any atom is 0.149 e. The summed E-state index contributed by atoms with van der Waals surface area (Å²) in [7, 11) is 0. The molecule has 0 heterocycles. The van der Waals surface area contributed by atoms with Crippen LogP contribution in [0.2, 0.25) is 0 Å². The maximum absolute atomic E-state index is 11.9. The molecule has 0 radical (unpaired) electrons. The smallest absolute Gasteiger partial charge is 0.149 e. The van der Waals surface area contributed by atoms with Gasteiger partial charge in [-0.25, -0.2) is 0 Å². The lowest BCUT2D eigenvalue weighted by atomic mass is 10.1. The third kappa shape index (κ3) is 17.0. The highest BCUT2D eigenvalue weighted by Crippen LogP contribution is 2.04. The van der Waals surface area contributed by atoms with Crippen molar-refractivity contribution < 1.29 is 23.8 Å². The van der Waals surface area contributed by atoms with Crippen molar-refractivity contribution in [3.8, 4) is 0 Å². The number of ketones is 2. The quantitative estimate of drug-likeness (QED) is 0.324. The fraction of sp³-hybridized carbons (Fsp3) is 0.905. The van der Waals surface area contributed by atoms with Crippen LogP contribution in [0.3, 0.4) is 0 Å². The second kappa shape index (κ2) is 18.5. The number of Topliss-reactive ketones (excluding diaryl/α,β-unsaturated/α-hetero) is 2. The fourth-order valence-electron chi connectivity index (χ4n) is 2.41. The third-order valence-corrected chi connectivity index (χ3v) is 4.34. The van der Waals surface area contributed by atoms with Crippen molar-refractivity contribution >= 4 is 11.6 Å². The molecule has 0 saturated heterocycles. The molecule has 0 aliphatic rings. The van der Waals surface area contributed by atoms with Gasteiger partial charge < -0.3 is 19.5 Å². The third-order valence-electron chi connectivity index (χ3n) is 4.34. The Kier molecular flexibility index (Phi) is 18.0. The highest BCUT2D eigenvalue weighted by molar-refractivity contribution is 5.83. The van der Waals surface area contributed by atoms with Gasteiger partial charge in [-0.05, 0) is 13.3 Å². The van der Waals surface area contributed by atoms with E-state index >= 15 is 0 Å². The summed E-state index contributed by atoms with van der Waals surface area (Å²) in [6.45, 7) is 11.6. The summed E-state index contributed by atoms with van der Waals surface area (Å²) in [5.74, 6) is 0.582. The van der Waals surface area contributed by atoms with Crippen LogP contribution in [0.25, 0.3) is 0 Å². The second-order valence-corrected chi connectivity index (χ2v) is 7.16. The van der Waals surface area contributed by atoms with E-state index in [1.165, 1.54) is 12.8 Å². The lowest BCUT2D eigenvalue weighted by molar-refractivity contribution is -0.123. The van der Waals surface area contributed by atoms with Gasteiger partial charge in [0.05, 0.1) is 45.7 Å². The van der Waals surface area contributed by atoms with Crippen LogP contribution < -0.4 is 5.32 Å². The lowest BCUT2D eigenvalue weighted by Crippen LogP contribution is -2.36. The predicted octanol–water partition coefficient (Wildman–Crippen LogP) is 3.17. The molecule has 0 bridgehead atoms. The van der Waals surface area contributed by atoms with E-state index in [1.54, 1.807) is 0 Å².